The monoisotopic (exact) mass is 173 g/mol. The normalized spacial score (nSPS) is 37.6. The number of rotatable bonds is 3. The van der Waals surface area contributed by atoms with E-state index in [0.717, 1.165) is 13.0 Å². The number of nitrogens with one attached hydrogen (secondary N) is 1. The second kappa shape index (κ2) is 3.01. The molecule has 3 atom stereocenters. The molecular formula is C8H12FNO2. The Hall–Kier alpha value is -0.640. The number of carbonyl (C=O) groups excluding carboxylic acids is 1. The van der Waals surface area contributed by atoms with Crippen LogP contribution in [0.25, 0.3) is 0 Å². The first-order chi connectivity index (χ1) is 5.83. The Morgan fingerprint density at radius 1 is 1.67 bits per heavy atom. The number of alkyl halides is 1. The molecule has 3 unspecified atom stereocenters. The lowest BCUT2D eigenvalue weighted by molar-refractivity contribution is -0.154. The molecule has 68 valence electrons. The van der Waals surface area contributed by atoms with Crippen molar-refractivity contribution in [2.24, 2.45) is 11.8 Å². The number of hydrogen-bond donors (Lipinski definition) is 1. The van der Waals surface area contributed by atoms with Crippen molar-refractivity contribution in [3.8, 4) is 0 Å². The Morgan fingerprint density at radius 3 is 3.00 bits per heavy atom. The molecule has 2 bridgehead atoms. The summed E-state index contributed by atoms with van der Waals surface area (Å²) in [6.45, 7) is 0.246. The van der Waals surface area contributed by atoms with Gasteiger partial charge in [-0.25, -0.2) is 4.39 Å². The number of halogens is 1. The molecule has 12 heavy (non-hydrogen) atoms. The molecule has 1 saturated carbocycles. The Kier molecular flexibility index (Phi) is 2.00. The molecule has 0 aromatic heterocycles. The molecule has 3 rings (SSSR count). The zero-order chi connectivity index (χ0) is 8.55. The van der Waals surface area contributed by atoms with Crippen molar-refractivity contribution in [2.75, 3.05) is 19.8 Å². The Balaban J connectivity index is 1.81. The van der Waals surface area contributed by atoms with Crippen LogP contribution in [0.5, 0.6) is 0 Å². The van der Waals surface area contributed by atoms with Crippen LogP contribution in [0.3, 0.4) is 0 Å². The highest BCUT2D eigenvalue weighted by Crippen LogP contribution is 2.40. The molecule has 4 heteroatoms. The van der Waals surface area contributed by atoms with E-state index >= 15 is 0 Å². The molecule has 1 N–H and O–H groups in total. The first kappa shape index (κ1) is 7.98. The van der Waals surface area contributed by atoms with Crippen LogP contribution in [0.4, 0.5) is 4.39 Å². The number of fused-ring (bicyclic) bond motifs is 1. The van der Waals surface area contributed by atoms with Gasteiger partial charge in [-0.2, -0.15) is 0 Å². The maximum absolute atomic E-state index is 11.7. The van der Waals surface area contributed by atoms with Crippen LogP contribution in [0.15, 0.2) is 0 Å². The van der Waals surface area contributed by atoms with Gasteiger partial charge in [0.15, 0.2) is 0 Å². The quantitative estimate of drug-likeness (QED) is 0.615. The van der Waals surface area contributed by atoms with E-state index in [1.807, 2.05) is 0 Å². The lowest BCUT2D eigenvalue weighted by atomic mass is 9.74. The van der Waals surface area contributed by atoms with Gasteiger partial charge in [-0.1, -0.05) is 0 Å². The van der Waals surface area contributed by atoms with Crippen molar-refractivity contribution in [3.05, 3.63) is 0 Å². The highest BCUT2D eigenvalue weighted by Gasteiger charge is 2.51. The molecule has 3 fully saturated rings. The minimum Gasteiger partial charge on any atom is -0.463 e. The van der Waals surface area contributed by atoms with Crippen molar-refractivity contribution in [2.45, 2.75) is 12.5 Å². The van der Waals surface area contributed by atoms with Crippen LogP contribution < -0.4 is 5.32 Å². The number of esters is 1. The average Bonchev–Trinajstić information content (AvgIpc) is 2.60. The van der Waals surface area contributed by atoms with Gasteiger partial charge < -0.3 is 10.1 Å². The van der Waals surface area contributed by atoms with Crippen molar-refractivity contribution in [1.29, 1.82) is 0 Å². The standard InChI is InChI=1S/C8H12FNO2/c9-1-2-12-8(11)7-5-3-6(7)10-4-5/h5-7,10H,1-4H2. The smallest absolute Gasteiger partial charge is 0.310 e. The first-order valence-corrected chi connectivity index (χ1v) is 4.29. The summed E-state index contributed by atoms with van der Waals surface area (Å²) in [5.74, 6) is 0.234. The summed E-state index contributed by atoms with van der Waals surface area (Å²) in [6, 6.07) is 0.308. The largest absolute Gasteiger partial charge is 0.463 e. The summed E-state index contributed by atoms with van der Waals surface area (Å²) in [7, 11) is 0. The molecule has 0 aromatic rings. The summed E-state index contributed by atoms with van der Waals surface area (Å²) < 4.78 is 16.4. The summed E-state index contributed by atoms with van der Waals surface area (Å²) >= 11 is 0. The topological polar surface area (TPSA) is 38.3 Å². The van der Waals surface area contributed by atoms with E-state index < -0.39 is 6.67 Å². The molecule has 0 spiro atoms. The zero-order valence-electron chi connectivity index (χ0n) is 6.75. The van der Waals surface area contributed by atoms with Crippen LogP contribution in [-0.2, 0) is 9.53 Å². The average molecular weight is 173 g/mol. The fourth-order valence-corrected chi connectivity index (χ4v) is 2.07. The fourth-order valence-electron chi connectivity index (χ4n) is 2.07. The summed E-state index contributed by atoms with van der Waals surface area (Å²) in [6.07, 6.45) is 1.08. The van der Waals surface area contributed by atoms with Gasteiger partial charge in [0.2, 0.25) is 0 Å². The molecule has 2 aliphatic heterocycles. The summed E-state index contributed by atoms with van der Waals surface area (Å²) in [5.41, 5.74) is 0. The summed E-state index contributed by atoms with van der Waals surface area (Å²) in [5, 5.41) is 3.21. The van der Waals surface area contributed by atoms with E-state index in [1.165, 1.54) is 0 Å². The predicted molar refractivity (Wildman–Crippen MR) is 40.3 cm³/mol. The number of hydrogen-bond acceptors (Lipinski definition) is 3. The van der Waals surface area contributed by atoms with Crippen molar-refractivity contribution >= 4 is 5.97 Å². The molecule has 0 aromatic carbocycles. The first-order valence-electron chi connectivity index (χ1n) is 4.29. The molecule has 0 radical (unpaired) electrons. The van der Waals surface area contributed by atoms with Crippen LogP contribution in [0.1, 0.15) is 6.42 Å². The highest BCUT2D eigenvalue weighted by molar-refractivity contribution is 5.75. The third kappa shape index (κ3) is 1.10. The summed E-state index contributed by atoms with van der Waals surface area (Å²) in [4.78, 5) is 11.2. The molecule has 3 aliphatic rings. The molecule has 1 aliphatic carbocycles. The van der Waals surface area contributed by atoms with Crippen LogP contribution in [0.2, 0.25) is 0 Å². The van der Waals surface area contributed by atoms with E-state index in [2.05, 4.69) is 5.32 Å². The van der Waals surface area contributed by atoms with Crippen molar-refractivity contribution < 1.29 is 13.9 Å². The Labute approximate surface area is 70.3 Å². The van der Waals surface area contributed by atoms with Crippen molar-refractivity contribution in [1.82, 2.24) is 5.32 Å². The van der Waals surface area contributed by atoms with E-state index in [0.29, 0.717) is 12.0 Å². The van der Waals surface area contributed by atoms with Gasteiger partial charge in [0, 0.05) is 6.04 Å². The van der Waals surface area contributed by atoms with Gasteiger partial charge >= 0.3 is 5.97 Å². The lowest BCUT2D eigenvalue weighted by Gasteiger charge is -2.31. The minimum atomic E-state index is -0.582. The van der Waals surface area contributed by atoms with Gasteiger partial charge in [-0.3, -0.25) is 4.79 Å². The second-order valence-electron chi connectivity index (χ2n) is 3.39. The third-order valence-corrected chi connectivity index (χ3v) is 2.73. The molecule has 3 nitrogen and oxygen atoms in total. The van der Waals surface area contributed by atoms with Crippen LogP contribution in [-0.4, -0.2) is 31.8 Å². The van der Waals surface area contributed by atoms with E-state index in [9.17, 15) is 9.18 Å². The van der Waals surface area contributed by atoms with Gasteiger partial charge in [0.1, 0.15) is 13.3 Å². The molecule has 2 heterocycles. The van der Waals surface area contributed by atoms with Gasteiger partial charge in [-0.15, -0.1) is 0 Å². The maximum atomic E-state index is 11.7. The Morgan fingerprint density at radius 2 is 2.50 bits per heavy atom. The molecule has 2 saturated heterocycles. The SMILES string of the molecule is O=C(OCCF)C1C2CNC1C2. The third-order valence-electron chi connectivity index (χ3n) is 2.73. The van der Waals surface area contributed by atoms with E-state index in [4.69, 9.17) is 4.74 Å². The molecule has 0 amide bonds. The van der Waals surface area contributed by atoms with Crippen LogP contribution in [0, 0.1) is 11.8 Å². The second-order valence-corrected chi connectivity index (χ2v) is 3.39. The fraction of sp³-hybridized carbons (Fsp3) is 0.875. The van der Waals surface area contributed by atoms with Gasteiger partial charge in [0.05, 0.1) is 5.92 Å². The highest BCUT2D eigenvalue weighted by atomic mass is 19.1. The van der Waals surface area contributed by atoms with Gasteiger partial charge in [0.25, 0.3) is 0 Å². The Bertz CT molecular complexity index is 183. The maximum Gasteiger partial charge on any atom is 0.310 e. The van der Waals surface area contributed by atoms with Crippen molar-refractivity contribution in [3.63, 3.8) is 0 Å². The van der Waals surface area contributed by atoms with E-state index in [-0.39, 0.29) is 18.5 Å². The van der Waals surface area contributed by atoms with Crippen LogP contribution >= 0.6 is 0 Å². The predicted octanol–water partition coefficient (Wildman–Crippen LogP) is 0.107. The zero-order valence-corrected chi connectivity index (χ0v) is 6.75. The van der Waals surface area contributed by atoms with Gasteiger partial charge in [-0.05, 0) is 18.9 Å². The number of carbonyl (C=O) groups is 1. The lowest BCUT2D eigenvalue weighted by Crippen LogP contribution is -2.43. The van der Waals surface area contributed by atoms with E-state index in [1.54, 1.807) is 0 Å². The molecular weight excluding hydrogens is 161 g/mol. The minimum absolute atomic E-state index is 0.0107. The number of ether oxygens (including phenoxy) is 1.